The van der Waals surface area contributed by atoms with Crippen molar-refractivity contribution < 1.29 is 47.6 Å². The fourth-order valence-corrected chi connectivity index (χ4v) is 5.73. The van der Waals surface area contributed by atoms with Gasteiger partial charge in [0.05, 0.1) is 11.1 Å². The zero-order chi connectivity index (χ0) is 32.6. The summed E-state index contributed by atoms with van der Waals surface area (Å²) in [4.78, 5) is 50.1. The summed E-state index contributed by atoms with van der Waals surface area (Å²) in [6.07, 6.45) is 0. The standard InChI is InChI=1S/C34H16F2O10/c35-24-12-23-29(18-6-3-15(39)9-27(18)46-32(23)30(36)31(24)40)20-11-21(33(41)42)19(10-22(20)34(43)44)28-16-4-1-13(37)7-25(16)45-26-8-14(38)2-5-17(26)28/h1-12,37,40H,(H,41,42)(H,43,44). The molecule has 3 aromatic rings. The zero-order valence-corrected chi connectivity index (χ0v) is 22.9. The number of carbonyl (C=O) groups is 2. The number of rotatable bonds is 4. The van der Waals surface area contributed by atoms with Gasteiger partial charge >= 0.3 is 11.9 Å². The maximum atomic E-state index is 15.2. The third-order valence-corrected chi connectivity index (χ3v) is 7.69. The van der Waals surface area contributed by atoms with Crippen LogP contribution in [0.3, 0.4) is 0 Å². The van der Waals surface area contributed by atoms with E-state index in [1.54, 1.807) is 0 Å². The number of hydrogen-bond acceptors (Lipinski definition) is 8. The summed E-state index contributed by atoms with van der Waals surface area (Å²) in [5.74, 6) is -7.77. The topological polar surface area (TPSA) is 175 Å². The molecule has 0 bridgehead atoms. The van der Waals surface area contributed by atoms with Crippen LogP contribution in [0.25, 0.3) is 66.8 Å². The largest absolute Gasteiger partial charge is 0.508 e. The summed E-state index contributed by atoms with van der Waals surface area (Å²) < 4.78 is 41.3. The lowest BCUT2D eigenvalue weighted by atomic mass is 9.84. The molecule has 46 heavy (non-hydrogen) atoms. The van der Waals surface area contributed by atoms with Gasteiger partial charge in [0.15, 0.2) is 28.0 Å². The Labute approximate surface area is 253 Å². The van der Waals surface area contributed by atoms with Crippen molar-refractivity contribution in [3.8, 4) is 56.4 Å². The molecular formula is C34H16F2O10. The van der Waals surface area contributed by atoms with Crippen molar-refractivity contribution in [2.45, 2.75) is 0 Å². The summed E-state index contributed by atoms with van der Waals surface area (Å²) in [6, 6.07) is 13.9. The minimum atomic E-state index is -1.55. The SMILES string of the molecule is O=C(O)c1cc(-c2c3ccc(=O)cc-3oc3c(F)c(O)c(F)cc23)c(C(=O)O)cc1-c1c2ccc(=O)cc-2oc2cc(O)ccc12. The monoisotopic (exact) mass is 622 g/mol. The van der Waals surface area contributed by atoms with Crippen LogP contribution in [0, 0.1) is 11.6 Å². The molecule has 0 amide bonds. The van der Waals surface area contributed by atoms with E-state index in [1.165, 1.54) is 36.4 Å². The highest BCUT2D eigenvalue weighted by Gasteiger charge is 2.30. The van der Waals surface area contributed by atoms with Gasteiger partial charge in [-0.15, -0.1) is 0 Å². The summed E-state index contributed by atoms with van der Waals surface area (Å²) in [5.41, 5.74) is -2.74. The normalized spacial score (nSPS) is 11.5. The van der Waals surface area contributed by atoms with E-state index in [1.807, 2.05) is 0 Å². The average molecular weight is 622 g/mol. The van der Waals surface area contributed by atoms with Crippen molar-refractivity contribution in [3.05, 3.63) is 116 Å². The molecule has 0 saturated carbocycles. The van der Waals surface area contributed by atoms with Crippen LogP contribution in [-0.4, -0.2) is 32.4 Å². The van der Waals surface area contributed by atoms with Gasteiger partial charge in [-0.3, -0.25) is 9.59 Å². The van der Waals surface area contributed by atoms with Crippen molar-refractivity contribution >= 4 is 33.9 Å². The van der Waals surface area contributed by atoms with E-state index in [2.05, 4.69) is 0 Å². The van der Waals surface area contributed by atoms with Gasteiger partial charge in [0, 0.05) is 51.2 Å². The molecule has 4 aliphatic rings. The predicted molar refractivity (Wildman–Crippen MR) is 160 cm³/mol. The number of hydrogen-bond donors (Lipinski definition) is 4. The van der Waals surface area contributed by atoms with E-state index >= 15 is 4.39 Å². The average Bonchev–Trinajstić information content (AvgIpc) is 3.01. The molecule has 0 unspecified atom stereocenters. The molecule has 0 aromatic heterocycles. The van der Waals surface area contributed by atoms with E-state index in [-0.39, 0.29) is 67.0 Å². The number of halogens is 2. The number of fused-ring (bicyclic) bond motifs is 4. The Morgan fingerprint density at radius 2 is 1.15 bits per heavy atom. The van der Waals surface area contributed by atoms with Crippen LogP contribution in [0.4, 0.5) is 8.78 Å². The molecule has 2 aliphatic heterocycles. The van der Waals surface area contributed by atoms with Crippen LogP contribution in [0.15, 0.2) is 91.2 Å². The predicted octanol–water partition coefficient (Wildman–Crippen LogP) is 6.53. The van der Waals surface area contributed by atoms with Crippen LogP contribution < -0.4 is 10.9 Å². The second kappa shape index (κ2) is 9.99. The van der Waals surface area contributed by atoms with Gasteiger partial charge in [0.25, 0.3) is 0 Å². The molecule has 7 rings (SSSR count). The smallest absolute Gasteiger partial charge is 0.336 e. The molecule has 0 radical (unpaired) electrons. The number of aromatic hydroxyl groups is 2. The minimum absolute atomic E-state index is 0.0241. The first kappa shape index (κ1) is 28.2. The van der Waals surface area contributed by atoms with Gasteiger partial charge in [-0.25, -0.2) is 14.0 Å². The first-order chi connectivity index (χ1) is 21.9. The Balaban J connectivity index is 1.67. The van der Waals surface area contributed by atoms with E-state index in [0.29, 0.717) is 6.07 Å². The van der Waals surface area contributed by atoms with Gasteiger partial charge in [-0.2, -0.15) is 4.39 Å². The zero-order valence-electron chi connectivity index (χ0n) is 22.9. The molecule has 0 fully saturated rings. The Morgan fingerprint density at radius 1 is 0.609 bits per heavy atom. The third-order valence-electron chi connectivity index (χ3n) is 7.69. The van der Waals surface area contributed by atoms with Crippen LogP contribution >= 0.6 is 0 Å². The third kappa shape index (κ3) is 4.23. The van der Waals surface area contributed by atoms with Crippen LogP contribution in [0.5, 0.6) is 11.5 Å². The Morgan fingerprint density at radius 3 is 1.72 bits per heavy atom. The number of phenolic OH excluding ortho intramolecular Hbond substituents is 2. The fraction of sp³-hybridized carbons (Fsp3) is 0. The number of phenols is 2. The fourth-order valence-electron chi connectivity index (χ4n) is 5.73. The van der Waals surface area contributed by atoms with Crippen molar-refractivity contribution in [1.82, 2.24) is 0 Å². The lowest BCUT2D eigenvalue weighted by Crippen LogP contribution is -2.09. The highest BCUT2D eigenvalue weighted by atomic mass is 19.1. The summed E-state index contributed by atoms with van der Waals surface area (Å²) in [5, 5.41) is 40.9. The van der Waals surface area contributed by atoms with Gasteiger partial charge in [-0.05, 0) is 65.7 Å². The Kier molecular flexibility index (Phi) is 6.13. The minimum Gasteiger partial charge on any atom is -0.508 e. The van der Waals surface area contributed by atoms with Crippen LogP contribution in [0.1, 0.15) is 20.7 Å². The number of carboxylic acids is 2. The highest BCUT2D eigenvalue weighted by molar-refractivity contribution is 6.13. The van der Waals surface area contributed by atoms with Gasteiger partial charge in [-0.1, -0.05) is 0 Å². The molecule has 10 nitrogen and oxygen atoms in total. The van der Waals surface area contributed by atoms with E-state index < -0.39 is 56.9 Å². The van der Waals surface area contributed by atoms with Crippen LogP contribution in [-0.2, 0) is 0 Å². The number of aromatic carboxylic acids is 2. The second-order valence-corrected chi connectivity index (χ2v) is 10.4. The maximum Gasteiger partial charge on any atom is 0.336 e. The molecule has 0 saturated heterocycles. The number of benzene rings is 5. The van der Waals surface area contributed by atoms with E-state index in [9.17, 15) is 44.0 Å². The number of carboxylic acid groups (broad SMARTS) is 2. The molecule has 2 aliphatic carbocycles. The summed E-state index contributed by atoms with van der Waals surface area (Å²) >= 11 is 0. The molecule has 226 valence electrons. The van der Waals surface area contributed by atoms with E-state index in [4.69, 9.17) is 8.83 Å². The first-order valence-electron chi connectivity index (χ1n) is 13.4. The molecular weight excluding hydrogens is 606 g/mol. The molecule has 4 N–H and O–H groups in total. The molecule has 0 spiro atoms. The summed E-state index contributed by atoms with van der Waals surface area (Å²) in [6.45, 7) is 0. The molecule has 2 heterocycles. The Bertz CT molecular complexity index is 2530. The molecule has 12 heteroatoms. The lowest BCUT2D eigenvalue weighted by Gasteiger charge is -2.21. The van der Waals surface area contributed by atoms with Gasteiger partial charge in [0.2, 0.25) is 5.82 Å². The maximum absolute atomic E-state index is 15.2. The first-order valence-corrected chi connectivity index (χ1v) is 13.4. The Hall–Kier alpha value is -6.56. The van der Waals surface area contributed by atoms with Gasteiger partial charge in [0.1, 0.15) is 22.9 Å². The van der Waals surface area contributed by atoms with Crippen LogP contribution in [0.2, 0.25) is 0 Å². The van der Waals surface area contributed by atoms with Crippen molar-refractivity contribution in [3.63, 3.8) is 0 Å². The lowest BCUT2D eigenvalue weighted by molar-refractivity contribution is 0.0682. The highest BCUT2D eigenvalue weighted by Crippen LogP contribution is 2.47. The van der Waals surface area contributed by atoms with Gasteiger partial charge < -0.3 is 29.3 Å². The van der Waals surface area contributed by atoms with Crippen molar-refractivity contribution in [1.29, 1.82) is 0 Å². The van der Waals surface area contributed by atoms with Crippen molar-refractivity contribution in [2.75, 3.05) is 0 Å². The summed E-state index contributed by atoms with van der Waals surface area (Å²) in [7, 11) is 0. The van der Waals surface area contributed by atoms with Crippen molar-refractivity contribution in [2.24, 2.45) is 0 Å². The second-order valence-electron chi connectivity index (χ2n) is 10.4. The molecule has 3 aromatic carbocycles. The van der Waals surface area contributed by atoms with E-state index in [0.717, 1.165) is 30.3 Å². The molecule has 0 atom stereocenters. The quantitative estimate of drug-likeness (QED) is 0.158.